The van der Waals surface area contributed by atoms with Gasteiger partial charge in [-0.05, 0) is 42.7 Å². The Morgan fingerprint density at radius 3 is 2.45 bits per heavy atom. The fraction of sp³-hybridized carbons (Fsp3) is 0.344. The maximum Gasteiger partial charge on any atom is 0.272 e. The molecule has 5 rings (SSSR count). The van der Waals surface area contributed by atoms with E-state index in [0.717, 1.165) is 31.2 Å². The number of aliphatic imine (C=N–C) groups is 1. The van der Waals surface area contributed by atoms with Crippen molar-refractivity contribution in [1.29, 1.82) is 0 Å². The lowest BCUT2D eigenvalue weighted by atomic mass is 9.88. The fourth-order valence-corrected chi connectivity index (χ4v) is 5.74. The number of fused-ring (bicyclic) bond motifs is 1. The van der Waals surface area contributed by atoms with Crippen LogP contribution in [0.5, 0.6) is 5.75 Å². The molecule has 3 aromatic rings. The van der Waals surface area contributed by atoms with Crippen molar-refractivity contribution in [2.45, 2.75) is 44.4 Å². The van der Waals surface area contributed by atoms with Gasteiger partial charge in [-0.1, -0.05) is 85.8 Å². The first kappa shape index (κ1) is 27.9. The third-order valence-corrected chi connectivity index (χ3v) is 7.99. The zero-order valence-electron chi connectivity index (χ0n) is 22.5. The number of hydrogen-bond acceptors (Lipinski definition) is 5. The lowest BCUT2D eigenvalue weighted by molar-refractivity contribution is -0.133. The Balaban J connectivity index is 1.43. The molecule has 0 aromatic heterocycles. The monoisotopic (exact) mass is 559 g/mol. The number of likely N-dealkylation sites (N-methyl/N-ethyl adjacent to an activating group) is 1. The summed E-state index contributed by atoms with van der Waals surface area (Å²) in [5, 5.41) is 14.6. The SMILES string of the molecule is CN1C(=O)C(NC(=O)[C@H](CC2CCCC2)[C@H](O)COc2ccccc2)N=C(c2ccccc2)c2cc(Cl)ccc21. The number of para-hydroxylation sites is 1. The number of anilines is 1. The number of aliphatic hydroxyl groups is 1. The number of halogens is 1. The fourth-order valence-electron chi connectivity index (χ4n) is 5.57. The molecular weight excluding hydrogens is 526 g/mol. The van der Waals surface area contributed by atoms with Crippen molar-refractivity contribution in [2.24, 2.45) is 16.8 Å². The van der Waals surface area contributed by atoms with Crippen molar-refractivity contribution in [3.63, 3.8) is 0 Å². The zero-order valence-corrected chi connectivity index (χ0v) is 23.3. The molecule has 0 radical (unpaired) electrons. The van der Waals surface area contributed by atoms with Gasteiger partial charge in [0.25, 0.3) is 5.91 Å². The predicted molar refractivity (Wildman–Crippen MR) is 157 cm³/mol. The van der Waals surface area contributed by atoms with E-state index in [9.17, 15) is 14.7 Å². The van der Waals surface area contributed by atoms with E-state index in [-0.39, 0.29) is 12.5 Å². The Labute approximate surface area is 239 Å². The van der Waals surface area contributed by atoms with E-state index < -0.39 is 24.1 Å². The second-order valence-corrected chi connectivity index (χ2v) is 10.9. The first-order valence-corrected chi connectivity index (χ1v) is 14.2. The van der Waals surface area contributed by atoms with Gasteiger partial charge in [0, 0.05) is 23.2 Å². The van der Waals surface area contributed by atoms with Gasteiger partial charge in [-0.2, -0.15) is 0 Å². The van der Waals surface area contributed by atoms with Crippen LogP contribution in [0, 0.1) is 11.8 Å². The van der Waals surface area contributed by atoms with Crippen molar-refractivity contribution in [1.82, 2.24) is 5.32 Å². The van der Waals surface area contributed by atoms with Crippen LogP contribution in [0.4, 0.5) is 5.69 Å². The minimum atomic E-state index is -1.17. The highest BCUT2D eigenvalue weighted by Crippen LogP contribution is 2.33. The van der Waals surface area contributed by atoms with E-state index in [1.165, 1.54) is 4.90 Å². The average molecular weight is 560 g/mol. The van der Waals surface area contributed by atoms with Gasteiger partial charge in [0.05, 0.1) is 23.4 Å². The van der Waals surface area contributed by atoms with Crippen LogP contribution < -0.4 is 15.0 Å². The summed E-state index contributed by atoms with van der Waals surface area (Å²) in [7, 11) is 1.66. The summed E-state index contributed by atoms with van der Waals surface area (Å²) in [5.74, 6) is -0.582. The van der Waals surface area contributed by atoms with Gasteiger partial charge >= 0.3 is 0 Å². The smallest absolute Gasteiger partial charge is 0.272 e. The highest BCUT2D eigenvalue weighted by molar-refractivity contribution is 6.32. The highest BCUT2D eigenvalue weighted by Gasteiger charge is 2.36. The highest BCUT2D eigenvalue weighted by atomic mass is 35.5. The Morgan fingerprint density at radius 1 is 1.07 bits per heavy atom. The molecule has 2 aliphatic rings. The first-order valence-electron chi connectivity index (χ1n) is 13.8. The Kier molecular flexibility index (Phi) is 8.82. The summed E-state index contributed by atoms with van der Waals surface area (Å²) in [5.41, 5.74) is 2.70. The van der Waals surface area contributed by atoms with Crippen LogP contribution in [0.2, 0.25) is 5.02 Å². The maximum absolute atomic E-state index is 13.8. The second kappa shape index (κ2) is 12.7. The van der Waals surface area contributed by atoms with Gasteiger partial charge in [0.2, 0.25) is 12.1 Å². The maximum atomic E-state index is 13.8. The van der Waals surface area contributed by atoms with Crippen LogP contribution >= 0.6 is 11.6 Å². The van der Waals surface area contributed by atoms with Gasteiger partial charge in [0.15, 0.2) is 0 Å². The minimum absolute atomic E-state index is 0.0319. The number of carbonyl (C=O) groups excluding carboxylic acids is 2. The summed E-state index contributed by atoms with van der Waals surface area (Å²) < 4.78 is 5.79. The molecule has 2 N–H and O–H groups in total. The number of aliphatic hydroxyl groups excluding tert-OH is 1. The molecule has 1 aliphatic carbocycles. The summed E-state index contributed by atoms with van der Waals surface area (Å²) in [6, 6.07) is 24.0. The standard InChI is InChI=1S/C32H34ClN3O4/c1-36-27-17-16-23(33)19-25(27)29(22-12-4-2-5-13-22)34-30(32(36)39)35-31(38)26(18-21-10-8-9-11-21)28(37)20-40-24-14-6-3-7-15-24/h2-7,12-17,19,21,26,28,30,37H,8-11,18,20H2,1H3,(H,35,38)/t26-,28-,30?/m1/s1. The summed E-state index contributed by atoms with van der Waals surface area (Å²) in [6.07, 6.45) is 2.58. The second-order valence-electron chi connectivity index (χ2n) is 10.5. The van der Waals surface area contributed by atoms with Gasteiger partial charge in [0.1, 0.15) is 12.4 Å². The van der Waals surface area contributed by atoms with E-state index in [1.807, 2.05) is 60.7 Å². The molecule has 8 heteroatoms. The van der Waals surface area contributed by atoms with Crippen molar-refractivity contribution in [3.8, 4) is 5.75 Å². The minimum Gasteiger partial charge on any atom is -0.491 e. The van der Waals surface area contributed by atoms with Crippen molar-refractivity contribution in [2.75, 3.05) is 18.6 Å². The number of hydrogen-bond donors (Lipinski definition) is 2. The van der Waals surface area contributed by atoms with Crippen LogP contribution in [-0.2, 0) is 9.59 Å². The van der Waals surface area contributed by atoms with Crippen LogP contribution in [0.1, 0.15) is 43.2 Å². The van der Waals surface area contributed by atoms with Crippen LogP contribution in [0.25, 0.3) is 0 Å². The predicted octanol–water partition coefficient (Wildman–Crippen LogP) is 5.23. The molecule has 3 atom stereocenters. The molecule has 2 amide bonds. The van der Waals surface area contributed by atoms with Gasteiger partial charge in [-0.25, -0.2) is 4.99 Å². The summed E-state index contributed by atoms with van der Waals surface area (Å²) in [4.78, 5) is 33.7. The first-order chi connectivity index (χ1) is 19.4. The molecule has 1 unspecified atom stereocenters. The molecule has 1 saturated carbocycles. The van der Waals surface area contributed by atoms with Gasteiger partial charge < -0.3 is 20.1 Å². The van der Waals surface area contributed by atoms with Crippen molar-refractivity contribution in [3.05, 3.63) is 95.0 Å². The molecule has 1 aliphatic heterocycles. The Hall–Kier alpha value is -3.68. The molecule has 0 spiro atoms. The van der Waals surface area contributed by atoms with Crippen LogP contribution in [-0.4, -0.2) is 48.6 Å². The summed E-state index contributed by atoms with van der Waals surface area (Å²) >= 11 is 6.35. The lowest BCUT2D eigenvalue weighted by Crippen LogP contribution is -2.50. The average Bonchev–Trinajstić information content (AvgIpc) is 3.47. The molecule has 0 saturated heterocycles. The normalized spacial score (nSPS) is 18.9. The number of benzodiazepines with no additional fused rings is 1. The Bertz CT molecular complexity index is 1360. The van der Waals surface area contributed by atoms with Crippen molar-refractivity contribution >= 4 is 34.8 Å². The van der Waals surface area contributed by atoms with Crippen LogP contribution in [0.3, 0.4) is 0 Å². The number of ether oxygens (including phenoxy) is 1. The van der Waals surface area contributed by atoms with E-state index in [2.05, 4.69) is 5.32 Å². The molecule has 40 heavy (non-hydrogen) atoms. The third-order valence-electron chi connectivity index (χ3n) is 7.75. The van der Waals surface area contributed by atoms with E-state index >= 15 is 0 Å². The zero-order chi connectivity index (χ0) is 28.1. The number of nitrogens with one attached hydrogen (secondary N) is 1. The number of carbonyl (C=O) groups is 2. The Morgan fingerprint density at radius 2 is 1.75 bits per heavy atom. The quantitative estimate of drug-likeness (QED) is 0.375. The molecule has 1 heterocycles. The summed E-state index contributed by atoms with van der Waals surface area (Å²) in [6.45, 7) is -0.0319. The molecule has 0 bridgehead atoms. The van der Waals surface area contributed by atoms with E-state index in [1.54, 1.807) is 25.2 Å². The van der Waals surface area contributed by atoms with E-state index in [4.69, 9.17) is 21.3 Å². The molecule has 7 nitrogen and oxygen atoms in total. The van der Waals surface area contributed by atoms with Gasteiger partial charge in [-0.3, -0.25) is 9.59 Å². The van der Waals surface area contributed by atoms with Gasteiger partial charge in [-0.15, -0.1) is 0 Å². The third kappa shape index (κ3) is 6.37. The van der Waals surface area contributed by atoms with Crippen molar-refractivity contribution < 1.29 is 19.4 Å². The number of amides is 2. The molecule has 3 aromatic carbocycles. The molecule has 1 fully saturated rings. The number of benzene rings is 3. The topological polar surface area (TPSA) is 91.2 Å². The van der Waals surface area contributed by atoms with E-state index in [0.29, 0.717) is 40.1 Å². The molecular formula is C32H34ClN3O4. The van der Waals surface area contributed by atoms with Crippen LogP contribution in [0.15, 0.2) is 83.9 Å². The molecule has 208 valence electrons. The number of nitrogens with zero attached hydrogens (tertiary/aromatic N) is 2. The lowest BCUT2D eigenvalue weighted by Gasteiger charge is -2.27. The largest absolute Gasteiger partial charge is 0.491 e. The number of rotatable bonds is 9.